The van der Waals surface area contributed by atoms with E-state index in [9.17, 15) is 0 Å². The minimum Gasteiger partial charge on any atom is -0.366 e. The lowest BCUT2D eigenvalue weighted by molar-refractivity contribution is 0.319. The molecule has 4 nitrogen and oxygen atoms in total. The molecule has 1 aromatic heterocycles. The number of hydrogen-bond acceptors (Lipinski definition) is 4. The maximum absolute atomic E-state index is 5.94. The van der Waals surface area contributed by atoms with Crippen LogP contribution in [0.4, 0.5) is 5.82 Å². The van der Waals surface area contributed by atoms with E-state index in [1.807, 2.05) is 13.0 Å². The van der Waals surface area contributed by atoms with Crippen molar-refractivity contribution in [3.8, 4) is 0 Å². The first-order chi connectivity index (χ1) is 10.6. The molecule has 0 saturated carbocycles. The summed E-state index contributed by atoms with van der Waals surface area (Å²) in [5.41, 5.74) is 2.24. The molecule has 0 bridgehead atoms. The van der Waals surface area contributed by atoms with Crippen molar-refractivity contribution < 1.29 is 0 Å². The molecule has 1 aromatic carbocycles. The minimum atomic E-state index is 0.300. The van der Waals surface area contributed by atoms with Crippen molar-refractivity contribution >= 4 is 17.4 Å². The van der Waals surface area contributed by atoms with E-state index < -0.39 is 0 Å². The van der Waals surface area contributed by atoms with E-state index in [1.54, 1.807) is 0 Å². The minimum absolute atomic E-state index is 0.300. The number of nitrogens with zero attached hydrogens (tertiary/aromatic N) is 3. The largest absolute Gasteiger partial charge is 0.366 e. The van der Waals surface area contributed by atoms with Gasteiger partial charge >= 0.3 is 0 Å². The number of halogens is 1. The zero-order chi connectivity index (χ0) is 15.5. The summed E-state index contributed by atoms with van der Waals surface area (Å²) in [5, 5.41) is 3.81. The first-order valence-corrected chi connectivity index (χ1v) is 8.02. The molecule has 2 heterocycles. The number of likely N-dealkylation sites (tertiary alicyclic amines) is 1. The van der Waals surface area contributed by atoms with Crippen LogP contribution in [-0.4, -0.2) is 34.0 Å². The van der Waals surface area contributed by atoms with Gasteiger partial charge in [-0.05, 0) is 30.0 Å². The highest BCUT2D eigenvalue weighted by atomic mass is 35.5. The monoisotopic (exact) mass is 316 g/mol. The molecule has 3 rings (SSSR count). The average Bonchev–Trinajstić information content (AvgIpc) is 2.78. The summed E-state index contributed by atoms with van der Waals surface area (Å²) in [7, 11) is 0. The van der Waals surface area contributed by atoms with Gasteiger partial charge < -0.3 is 5.32 Å². The van der Waals surface area contributed by atoms with Crippen LogP contribution in [0.1, 0.15) is 18.2 Å². The van der Waals surface area contributed by atoms with E-state index in [1.165, 1.54) is 5.56 Å². The number of rotatable bonds is 4. The number of benzene rings is 1. The van der Waals surface area contributed by atoms with Crippen LogP contribution in [0.3, 0.4) is 0 Å². The van der Waals surface area contributed by atoms with E-state index in [2.05, 4.69) is 57.4 Å². The molecule has 1 fully saturated rings. The van der Waals surface area contributed by atoms with Gasteiger partial charge in [-0.1, -0.05) is 37.3 Å². The van der Waals surface area contributed by atoms with Crippen LogP contribution >= 0.6 is 11.6 Å². The van der Waals surface area contributed by atoms with Crippen LogP contribution in [0.25, 0.3) is 0 Å². The van der Waals surface area contributed by atoms with E-state index in [0.29, 0.717) is 17.2 Å². The third-order valence-electron chi connectivity index (χ3n) is 4.10. The van der Waals surface area contributed by atoms with Gasteiger partial charge in [-0.15, -0.1) is 0 Å². The summed E-state index contributed by atoms with van der Waals surface area (Å²) in [6.45, 7) is 7.30. The lowest BCUT2D eigenvalue weighted by Gasteiger charge is -2.18. The highest BCUT2D eigenvalue weighted by Crippen LogP contribution is 2.22. The predicted octanol–water partition coefficient (Wildman–Crippen LogP) is 3.37. The third kappa shape index (κ3) is 3.76. The number of hydrogen-bond donors (Lipinski definition) is 1. The maximum atomic E-state index is 5.94. The molecule has 0 spiro atoms. The molecule has 0 radical (unpaired) electrons. The molecule has 0 aliphatic carbocycles. The van der Waals surface area contributed by atoms with Gasteiger partial charge in [0.15, 0.2) is 0 Å². The average molecular weight is 317 g/mol. The molecule has 0 amide bonds. The van der Waals surface area contributed by atoms with Crippen LogP contribution in [-0.2, 0) is 6.54 Å². The van der Waals surface area contributed by atoms with Crippen molar-refractivity contribution in [1.29, 1.82) is 0 Å². The van der Waals surface area contributed by atoms with Gasteiger partial charge in [0.05, 0.1) is 0 Å². The molecule has 2 atom stereocenters. The normalized spacial score (nSPS) is 22.0. The van der Waals surface area contributed by atoms with Crippen molar-refractivity contribution in [3.63, 3.8) is 0 Å². The standard InChI is InChI=1S/C17H21ClN4/c1-12-9-22(10-14-6-4-3-5-7-14)11-15(12)20-16-8-13(2)19-17(18)21-16/h3-8,12,15H,9-11H2,1-2H3,(H,19,20,21). The molecule has 1 saturated heterocycles. The first kappa shape index (κ1) is 15.3. The van der Waals surface area contributed by atoms with Crippen molar-refractivity contribution in [3.05, 3.63) is 52.9 Å². The summed E-state index contributed by atoms with van der Waals surface area (Å²) in [4.78, 5) is 10.8. The quantitative estimate of drug-likeness (QED) is 0.878. The lowest BCUT2D eigenvalue weighted by atomic mass is 10.1. The van der Waals surface area contributed by atoms with Gasteiger partial charge in [-0.25, -0.2) is 9.97 Å². The summed E-state index contributed by atoms with van der Waals surface area (Å²) in [6, 6.07) is 12.9. The number of aryl methyl sites for hydroxylation is 1. The Kier molecular flexibility index (Phi) is 4.60. The fraction of sp³-hybridized carbons (Fsp3) is 0.412. The molecular formula is C17H21ClN4. The van der Waals surface area contributed by atoms with E-state index >= 15 is 0 Å². The third-order valence-corrected chi connectivity index (χ3v) is 4.27. The van der Waals surface area contributed by atoms with Crippen molar-refractivity contribution in [2.75, 3.05) is 18.4 Å². The van der Waals surface area contributed by atoms with Gasteiger partial charge in [-0.3, -0.25) is 4.90 Å². The highest BCUT2D eigenvalue weighted by molar-refractivity contribution is 6.28. The van der Waals surface area contributed by atoms with Crippen molar-refractivity contribution in [2.45, 2.75) is 26.4 Å². The Bertz CT molecular complexity index is 612. The highest BCUT2D eigenvalue weighted by Gasteiger charge is 2.29. The van der Waals surface area contributed by atoms with Crippen LogP contribution in [0.5, 0.6) is 0 Å². The molecule has 5 heteroatoms. The second-order valence-corrected chi connectivity index (χ2v) is 6.41. The smallest absolute Gasteiger partial charge is 0.224 e. The van der Waals surface area contributed by atoms with Crippen LogP contribution < -0.4 is 5.32 Å². The summed E-state index contributed by atoms with van der Waals surface area (Å²) < 4.78 is 0. The molecule has 2 aromatic rings. The zero-order valence-corrected chi connectivity index (χ0v) is 13.7. The van der Waals surface area contributed by atoms with Crippen LogP contribution in [0, 0.1) is 12.8 Å². The summed E-state index contributed by atoms with van der Waals surface area (Å²) in [6.07, 6.45) is 0. The zero-order valence-electron chi connectivity index (χ0n) is 13.0. The summed E-state index contributed by atoms with van der Waals surface area (Å²) in [5.74, 6) is 1.38. The Hall–Kier alpha value is -1.65. The second-order valence-electron chi connectivity index (χ2n) is 6.07. The molecule has 116 valence electrons. The number of aromatic nitrogens is 2. The maximum Gasteiger partial charge on any atom is 0.224 e. The molecule has 22 heavy (non-hydrogen) atoms. The Morgan fingerprint density at radius 2 is 2.00 bits per heavy atom. The SMILES string of the molecule is Cc1cc(NC2CN(Cc3ccccc3)CC2C)nc(Cl)n1. The Balaban J connectivity index is 1.63. The van der Waals surface area contributed by atoms with E-state index in [4.69, 9.17) is 11.6 Å². The topological polar surface area (TPSA) is 41.0 Å². The Morgan fingerprint density at radius 3 is 2.73 bits per heavy atom. The van der Waals surface area contributed by atoms with Crippen molar-refractivity contribution in [1.82, 2.24) is 14.9 Å². The number of anilines is 1. The van der Waals surface area contributed by atoms with Crippen LogP contribution in [0.2, 0.25) is 5.28 Å². The molecule has 1 aliphatic heterocycles. The van der Waals surface area contributed by atoms with Gasteiger partial charge in [0.1, 0.15) is 5.82 Å². The van der Waals surface area contributed by atoms with E-state index in [0.717, 1.165) is 31.1 Å². The fourth-order valence-corrected chi connectivity index (χ4v) is 3.25. The van der Waals surface area contributed by atoms with Gasteiger partial charge in [0, 0.05) is 37.4 Å². The molecular weight excluding hydrogens is 296 g/mol. The first-order valence-electron chi connectivity index (χ1n) is 7.64. The Morgan fingerprint density at radius 1 is 1.23 bits per heavy atom. The van der Waals surface area contributed by atoms with Gasteiger partial charge in [-0.2, -0.15) is 0 Å². The second kappa shape index (κ2) is 6.63. The van der Waals surface area contributed by atoms with Gasteiger partial charge in [0.25, 0.3) is 0 Å². The number of nitrogens with one attached hydrogen (secondary N) is 1. The fourth-order valence-electron chi connectivity index (χ4n) is 3.02. The summed E-state index contributed by atoms with van der Waals surface area (Å²) >= 11 is 5.94. The van der Waals surface area contributed by atoms with Crippen molar-refractivity contribution in [2.24, 2.45) is 5.92 Å². The molecule has 2 unspecified atom stereocenters. The Labute approximate surface area is 136 Å². The lowest BCUT2D eigenvalue weighted by Crippen LogP contribution is -2.28. The molecule has 1 aliphatic rings. The molecule has 1 N–H and O–H groups in total. The van der Waals surface area contributed by atoms with Gasteiger partial charge in [0.2, 0.25) is 5.28 Å². The van der Waals surface area contributed by atoms with E-state index in [-0.39, 0.29) is 0 Å². The van der Waals surface area contributed by atoms with Crippen LogP contribution in [0.15, 0.2) is 36.4 Å². The predicted molar refractivity (Wildman–Crippen MR) is 90.1 cm³/mol.